The topological polar surface area (TPSA) is 131 Å². The van der Waals surface area contributed by atoms with E-state index < -0.39 is 16.1 Å². The van der Waals surface area contributed by atoms with Gasteiger partial charge in [0.15, 0.2) is 0 Å². The summed E-state index contributed by atoms with van der Waals surface area (Å²) in [4.78, 5) is 20.2. The Balaban J connectivity index is 1.49. The third kappa shape index (κ3) is 5.96. The number of carbonyl (C=O) groups is 1. The summed E-state index contributed by atoms with van der Waals surface area (Å²) in [6.07, 6.45) is 5.09. The maximum Gasteiger partial charge on any atom is 0.271 e. The molecule has 1 aromatic heterocycles. The monoisotopic (exact) mass is 454 g/mol. The standard InChI is InChI=1S/C19H23ClN4O5S/c20-13-1-4-15(5-2-13)30(27,28)23-8-7-14-3-6-16(18(12-25)29-14)24-19(26)17-11-21-9-10-22-17/h1-2,4-5,9-11,14,16,18,23,25H,3,6-8,12H2,(H,24,26)/t14-,16+,18-/m1/s1. The predicted molar refractivity (Wildman–Crippen MR) is 110 cm³/mol. The number of aromatic nitrogens is 2. The molecular formula is C19H23ClN4O5S. The van der Waals surface area contributed by atoms with Crippen LogP contribution in [0.25, 0.3) is 0 Å². The summed E-state index contributed by atoms with van der Waals surface area (Å²) < 4.78 is 33.1. The molecule has 11 heteroatoms. The van der Waals surface area contributed by atoms with Crippen LogP contribution in [0.5, 0.6) is 0 Å². The Labute approximate surface area is 179 Å². The van der Waals surface area contributed by atoms with Crippen molar-refractivity contribution in [3.05, 3.63) is 53.6 Å². The largest absolute Gasteiger partial charge is 0.394 e. The minimum atomic E-state index is -3.64. The van der Waals surface area contributed by atoms with Crippen molar-refractivity contribution >= 4 is 27.5 Å². The Morgan fingerprint density at radius 2 is 2.00 bits per heavy atom. The highest BCUT2D eigenvalue weighted by atomic mass is 35.5. The predicted octanol–water partition coefficient (Wildman–Crippen LogP) is 1.14. The summed E-state index contributed by atoms with van der Waals surface area (Å²) >= 11 is 5.79. The highest BCUT2D eigenvalue weighted by molar-refractivity contribution is 7.89. The number of aliphatic hydroxyl groups excluding tert-OH is 1. The summed E-state index contributed by atoms with van der Waals surface area (Å²) in [5.41, 5.74) is 0.188. The van der Waals surface area contributed by atoms with E-state index in [1.807, 2.05) is 0 Å². The fraction of sp³-hybridized carbons (Fsp3) is 0.421. The third-order valence-electron chi connectivity index (χ3n) is 4.79. The molecular weight excluding hydrogens is 432 g/mol. The summed E-state index contributed by atoms with van der Waals surface area (Å²) in [6, 6.07) is 5.54. The smallest absolute Gasteiger partial charge is 0.271 e. The van der Waals surface area contributed by atoms with Gasteiger partial charge in [0.25, 0.3) is 5.91 Å². The number of ether oxygens (including phenoxy) is 1. The first-order chi connectivity index (χ1) is 14.4. The lowest BCUT2D eigenvalue weighted by atomic mass is 9.97. The van der Waals surface area contributed by atoms with Crippen molar-refractivity contribution < 1.29 is 23.1 Å². The van der Waals surface area contributed by atoms with Crippen LogP contribution < -0.4 is 10.0 Å². The van der Waals surface area contributed by atoms with Crippen LogP contribution in [0.3, 0.4) is 0 Å². The van der Waals surface area contributed by atoms with Gasteiger partial charge in [0.2, 0.25) is 10.0 Å². The molecule has 2 heterocycles. The summed E-state index contributed by atoms with van der Waals surface area (Å²) in [5.74, 6) is -0.385. The number of nitrogens with zero attached hydrogens (tertiary/aromatic N) is 2. The molecule has 1 fully saturated rings. The summed E-state index contributed by atoms with van der Waals surface area (Å²) in [7, 11) is -3.64. The molecule has 1 aromatic carbocycles. The minimum Gasteiger partial charge on any atom is -0.394 e. The molecule has 0 bridgehead atoms. The number of benzene rings is 1. The molecule has 1 aliphatic rings. The van der Waals surface area contributed by atoms with Crippen LogP contribution in [-0.2, 0) is 14.8 Å². The molecule has 0 saturated carbocycles. The first kappa shape index (κ1) is 22.6. The van der Waals surface area contributed by atoms with Gasteiger partial charge < -0.3 is 15.2 Å². The molecule has 3 atom stereocenters. The van der Waals surface area contributed by atoms with Gasteiger partial charge in [-0.2, -0.15) is 0 Å². The lowest BCUT2D eigenvalue weighted by Gasteiger charge is -2.36. The van der Waals surface area contributed by atoms with E-state index >= 15 is 0 Å². The van der Waals surface area contributed by atoms with Gasteiger partial charge in [-0.15, -0.1) is 0 Å². The van der Waals surface area contributed by atoms with E-state index in [1.165, 1.54) is 42.9 Å². The van der Waals surface area contributed by atoms with Crippen LogP contribution in [0.15, 0.2) is 47.8 Å². The Hall–Kier alpha value is -2.11. The third-order valence-corrected chi connectivity index (χ3v) is 6.52. The van der Waals surface area contributed by atoms with Crippen LogP contribution in [0, 0.1) is 0 Å². The molecule has 0 radical (unpaired) electrons. The number of nitrogens with one attached hydrogen (secondary N) is 2. The van der Waals surface area contributed by atoms with Gasteiger partial charge in [-0.3, -0.25) is 9.78 Å². The highest BCUT2D eigenvalue weighted by Gasteiger charge is 2.32. The van der Waals surface area contributed by atoms with E-state index in [-0.39, 0.29) is 41.8 Å². The summed E-state index contributed by atoms with van der Waals surface area (Å²) in [5, 5.41) is 12.9. The van der Waals surface area contributed by atoms with E-state index in [9.17, 15) is 18.3 Å². The zero-order chi connectivity index (χ0) is 21.6. The Morgan fingerprint density at radius 3 is 2.67 bits per heavy atom. The fourth-order valence-electron chi connectivity index (χ4n) is 3.22. The van der Waals surface area contributed by atoms with Crippen LogP contribution in [0.4, 0.5) is 0 Å². The van der Waals surface area contributed by atoms with E-state index in [4.69, 9.17) is 16.3 Å². The quantitative estimate of drug-likeness (QED) is 0.545. The highest BCUT2D eigenvalue weighted by Crippen LogP contribution is 2.22. The summed E-state index contributed by atoms with van der Waals surface area (Å²) in [6.45, 7) is -0.0805. The van der Waals surface area contributed by atoms with Gasteiger partial charge in [0.1, 0.15) is 11.8 Å². The molecule has 0 unspecified atom stereocenters. The maximum atomic E-state index is 12.3. The molecule has 9 nitrogen and oxygen atoms in total. The molecule has 1 amide bonds. The number of sulfonamides is 1. The molecule has 162 valence electrons. The number of aliphatic hydroxyl groups is 1. The lowest BCUT2D eigenvalue weighted by molar-refractivity contribution is -0.0891. The molecule has 0 aliphatic carbocycles. The number of carbonyl (C=O) groups excluding carboxylic acids is 1. The SMILES string of the molecule is O=C(N[C@H]1CC[C@H](CCNS(=O)(=O)c2ccc(Cl)cc2)O[C@@H]1CO)c1cnccn1. The van der Waals surface area contributed by atoms with Crippen molar-refractivity contribution in [1.82, 2.24) is 20.0 Å². The number of amides is 1. The zero-order valence-electron chi connectivity index (χ0n) is 16.1. The van der Waals surface area contributed by atoms with Gasteiger partial charge in [0.05, 0.1) is 29.8 Å². The van der Waals surface area contributed by atoms with Crippen LogP contribution >= 0.6 is 11.6 Å². The van der Waals surface area contributed by atoms with Gasteiger partial charge in [-0.1, -0.05) is 11.6 Å². The van der Waals surface area contributed by atoms with Crippen molar-refractivity contribution in [2.24, 2.45) is 0 Å². The molecule has 1 aliphatic heterocycles. The van der Waals surface area contributed by atoms with E-state index in [1.54, 1.807) is 0 Å². The fourth-order valence-corrected chi connectivity index (χ4v) is 4.39. The number of hydrogen-bond donors (Lipinski definition) is 3. The van der Waals surface area contributed by atoms with Gasteiger partial charge >= 0.3 is 0 Å². The van der Waals surface area contributed by atoms with Crippen LogP contribution in [-0.4, -0.2) is 60.8 Å². The average Bonchev–Trinajstić information content (AvgIpc) is 2.75. The molecule has 3 N–H and O–H groups in total. The second-order valence-electron chi connectivity index (χ2n) is 6.87. The van der Waals surface area contributed by atoms with E-state index in [0.29, 0.717) is 24.3 Å². The van der Waals surface area contributed by atoms with Crippen molar-refractivity contribution in [2.45, 2.75) is 42.4 Å². The Morgan fingerprint density at radius 1 is 1.23 bits per heavy atom. The minimum absolute atomic E-state index is 0.136. The molecule has 1 saturated heterocycles. The van der Waals surface area contributed by atoms with Crippen molar-refractivity contribution in [3.8, 4) is 0 Å². The van der Waals surface area contributed by atoms with Gasteiger partial charge in [-0.25, -0.2) is 18.1 Å². The molecule has 0 spiro atoms. The first-order valence-electron chi connectivity index (χ1n) is 9.47. The zero-order valence-corrected chi connectivity index (χ0v) is 17.6. The molecule has 30 heavy (non-hydrogen) atoms. The van der Waals surface area contributed by atoms with Gasteiger partial charge in [0, 0.05) is 24.0 Å². The second-order valence-corrected chi connectivity index (χ2v) is 9.07. The van der Waals surface area contributed by atoms with Crippen molar-refractivity contribution in [2.75, 3.05) is 13.2 Å². The Kier molecular flexibility index (Phi) is 7.73. The second kappa shape index (κ2) is 10.3. The van der Waals surface area contributed by atoms with E-state index in [0.717, 1.165) is 0 Å². The normalized spacial score (nSPS) is 21.9. The first-order valence-corrected chi connectivity index (χ1v) is 11.3. The van der Waals surface area contributed by atoms with Crippen molar-refractivity contribution in [1.29, 1.82) is 0 Å². The number of hydrogen-bond acceptors (Lipinski definition) is 7. The van der Waals surface area contributed by atoms with Crippen LogP contribution in [0.2, 0.25) is 5.02 Å². The molecule has 2 aromatic rings. The Bertz CT molecular complexity index is 943. The maximum absolute atomic E-state index is 12.3. The number of rotatable bonds is 8. The average molecular weight is 455 g/mol. The number of halogens is 1. The van der Waals surface area contributed by atoms with Gasteiger partial charge in [-0.05, 0) is 43.5 Å². The van der Waals surface area contributed by atoms with E-state index in [2.05, 4.69) is 20.0 Å². The van der Waals surface area contributed by atoms with Crippen molar-refractivity contribution in [3.63, 3.8) is 0 Å². The van der Waals surface area contributed by atoms with Crippen LogP contribution in [0.1, 0.15) is 29.8 Å². The lowest BCUT2D eigenvalue weighted by Crippen LogP contribution is -2.51. The molecule has 3 rings (SSSR count).